The molecule has 0 aliphatic carbocycles. The fraction of sp³-hybridized carbons (Fsp3) is 0.235. The molecule has 0 saturated heterocycles. The first-order valence-electron chi connectivity index (χ1n) is 7.39. The average molecular weight is 364 g/mol. The molecule has 2 N–H and O–H groups in total. The van der Waals surface area contributed by atoms with Crippen LogP contribution < -0.4 is 19.5 Å². The van der Waals surface area contributed by atoms with Gasteiger partial charge in [0.2, 0.25) is 5.91 Å². The van der Waals surface area contributed by atoms with E-state index >= 15 is 0 Å². The van der Waals surface area contributed by atoms with Crippen LogP contribution >= 0.6 is 0 Å². The van der Waals surface area contributed by atoms with Crippen LogP contribution in [-0.2, 0) is 14.8 Å². The Morgan fingerprint density at radius 3 is 2.08 bits per heavy atom. The highest BCUT2D eigenvalue weighted by molar-refractivity contribution is 7.92. The molecule has 0 saturated carbocycles. The minimum atomic E-state index is -3.86. The molecule has 0 radical (unpaired) electrons. The SMILES string of the molecule is COc1cc(NS(=O)(=O)c2cc(NC(C)=O)ccc2C)cc(OC)c1. The summed E-state index contributed by atoms with van der Waals surface area (Å²) in [6, 6.07) is 9.42. The van der Waals surface area contributed by atoms with E-state index in [1.54, 1.807) is 37.3 Å². The first-order chi connectivity index (χ1) is 11.7. The number of hydrogen-bond acceptors (Lipinski definition) is 5. The highest BCUT2D eigenvalue weighted by Gasteiger charge is 2.19. The van der Waals surface area contributed by atoms with Gasteiger partial charge in [-0.25, -0.2) is 8.42 Å². The zero-order chi connectivity index (χ0) is 18.6. The van der Waals surface area contributed by atoms with Crippen molar-refractivity contribution in [3.05, 3.63) is 42.0 Å². The maximum Gasteiger partial charge on any atom is 0.262 e. The highest BCUT2D eigenvalue weighted by atomic mass is 32.2. The van der Waals surface area contributed by atoms with Crippen molar-refractivity contribution < 1.29 is 22.7 Å². The highest BCUT2D eigenvalue weighted by Crippen LogP contribution is 2.29. The van der Waals surface area contributed by atoms with Crippen LogP contribution in [-0.4, -0.2) is 28.5 Å². The Morgan fingerprint density at radius 1 is 0.960 bits per heavy atom. The number of sulfonamides is 1. The molecule has 0 aromatic heterocycles. The molecule has 0 aliphatic rings. The van der Waals surface area contributed by atoms with Crippen LogP contribution in [0.1, 0.15) is 12.5 Å². The van der Waals surface area contributed by atoms with Crippen molar-refractivity contribution in [1.29, 1.82) is 0 Å². The van der Waals surface area contributed by atoms with Crippen LogP contribution in [0.15, 0.2) is 41.3 Å². The molecular weight excluding hydrogens is 344 g/mol. The molecule has 0 atom stereocenters. The number of hydrogen-bond donors (Lipinski definition) is 2. The van der Waals surface area contributed by atoms with Crippen molar-refractivity contribution in [3.63, 3.8) is 0 Å². The average Bonchev–Trinajstić information content (AvgIpc) is 2.55. The maximum atomic E-state index is 12.8. The Bertz CT molecular complexity index is 872. The summed E-state index contributed by atoms with van der Waals surface area (Å²) in [6.45, 7) is 3.03. The molecule has 2 aromatic carbocycles. The summed E-state index contributed by atoms with van der Waals surface area (Å²) in [6.07, 6.45) is 0. The van der Waals surface area contributed by atoms with E-state index in [2.05, 4.69) is 10.0 Å². The number of amides is 1. The molecule has 0 fully saturated rings. The number of methoxy groups -OCH3 is 2. The summed E-state index contributed by atoms with van der Waals surface area (Å²) in [5.74, 6) is 0.638. The molecule has 2 aromatic rings. The molecule has 134 valence electrons. The summed E-state index contributed by atoms with van der Waals surface area (Å²) >= 11 is 0. The zero-order valence-electron chi connectivity index (χ0n) is 14.4. The van der Waals surface area contributed by atoms with Crippen molar-refractivity contribution in [1.82, 2.24) is 0 Å². The predicted molar refractivity (Wildman–Crippen MR) is 95.8 cm³/mol. The summed E-state index contributed by atoms with van der Waals surface area (Å²) in [5.41, 5.74) is 1.26. The fourth-order valence-electron chi connectivity index (χ4n) is 2.25. The number of rotatable bonds is 6. The van der Waals surface area contributed by atoms with Crippen LogP contribution in [0.5, 0.6) is 11.5 Å². The van der Waals surface area contributed by atoms with Gasteiger partial charge in [-0.1, -0.05) is 6.07 Å². The van der Waals surface area contributed by atoms with Crippen LogP contribution in [0.3, 0.4) is 0 Å². The molecule has 8 heteroatoms. The normalized spacial score (nSPS) is 10.9. The third kappa shape index (κ3) is 4.63. The number of anilines is 2. The monoisotopic (exact) mass is 364 g/mol. The minimum absolute atomic E-state index is 0.0699. The van der Waals surface area contributed by atoms with E-state index in [0.29, 0.717) is 28.4 Å². The van der Waals surface area contributed by atoms with E-state index in [-0.39, 0.29) is 10.8 Å². The van der Waals surface area contributed by atoms with Crippen molar-refractivity contribution in [2.24, 2.45) is 0 Å². The molecule has 0 aliphatic heterocycles. The lowest BCUT2D eigenvalue weighted by Crippen LogP contribution is -2.15. The second-order valence-electron chi connectivity index (χ2n) is 5.37. The Hall–Kier alpha value is -2.74. The fourth-order valence-corrected chi connectivity index (χ4v) is 3.56. The lowest BCUT2D eigenvalue weighted by molar-refractivity contribution is -0.114. The lowest BCUT2D eigenvalue weighted by Gasteiger charge is -2.14. The minimum Gasteiger partial charge on any atom is -0.497 e. The maximum absolute atomic E-state index is 12.8. The largest absolute Gasteiger partial charge is 0.497 e. The van der Waals surface area contributed by atoms with E-state index < -0.39 is 10.0 Å². The number of carbonyl (C=O) groups excluding carboxylic acids is 1. The van der Waals surface area contributed by atoms with E-state index in [1.807, 2.05) is 0 Å². The van der Waals surface area contributed by atoms with Gasteiger partial charge >= 0.3 is 0 Å². The molecule has 2 rings (SSSR count). The van der Waals surface area contributed by atoms with Gasteiger partial charge in [0, 0.05) is 30.8 Å². The number of nitrogens with one attached hydrogen (secondary N) is 2. The van der Waals surface area contributed by atoms with Gasteiger partial charge in [0.1, 0.15) is 11.5 Å². The van der Waals surface area contributed by atoms with Gasteiger partial charge in [0.05, 0.1) is 24.8 Å². The smallest absolute Gasteiger partial charge is 0.262 e. The Kier molecular flexibility index (Phi) is 5.53. The standard InChI is InChI=1S/C17H20N2O5S/c1-11-5-6-13(18-12(2)20)9-17(11)25(21,22)19-14-7-15(23-3)10-16(8-14)24-4/h5-10,19H,1-4H3,(H,18,20). The summed E-state index contributed by atoms with van der Waals surface area (Å²) in [7, 11) is -0.904. The van der Waals surface area contributed by atoms with Gasteiger partial charge in [-0.05, 0) is 24.6 Å². The second-order valence-corrected chi connectivity index (χ2v) is 7.02. The van der Waals surface area contributed by atoms with Crippen LogP contribution in [0.25, 0.3) is 0 Å². The number of ether oxygens (including phenoxy) is 2. The molecule has 0 heterocycles. The van der Waals surface area contributed by atoms with Crippen molar-refractivity contribution >= 4 is 27.3 Å². The van der Waals surface area contributed by atoms with E-state index in [1.165, 1.54) is 27.2 Å². The quantitative estimate of drug-likeness (QED) is 0.822. The molecule has 0 bridgehead atoms. The predicted octanol–water partition coefficient (Wildman–Crippen LogP) is 2.77. The van der Waals surface area contributed by atoms with E-state index in [4.69, 9.17) is 9.47 Å². The molecule has 25 heavy (non-hydrogen) atoms. The Morgan fingerprint density at radius 2 is 1.56 bits per heavy atom. The van der Waals surface area contributed by atoms with Crippen LogP contribution in [0.4, 0.5) is 11.4 Å². The number of aryl methyl sites for hydroxylation is 1. The summed E-state index contributed by atoms with van der Waals surface area (Å²) in [5, 5.41) is 2.57. The third-order valence-corrected chi connectivity index (χ3v) is 4.92. The molecular formula is C17H20N2O5S. The van der Waals surface area contributed by atoms with E-state index in [0.717, 1.165) is 0 Å². The molecule has 7 nitrogen and oxygen atoms in total. The van der Waals surface area contributed by atoms with Gasteiger partial charge < -0.3 is 14.8 Å². The van der Waals surface area contributed by atoms with Crippen LogP contribution in [0, 0.1) is 6.92 Å². The number of carbonyl (C=O) groups is 1. The second kappa shape index (κ2) is 7.43. The van der Waals surface area contributed by atoms with Gasteiger partial charge in [-0.3, -0.25) is 9.52 Å². The first kappa shape index (κ1) is 18.6. The first-order valence-corrected chi connectivity index (χ1v) is 8.87. The van der Waals surface area contributed by atoms with Gasteiger partial charge in [-0.15, -0.1) is 0 Å². The topological polar surface area (TPSA) is 93.7 Å². The van der Waals surface area contributed by atoms with Crippen molar-refractivity contribution in [3.8, 4) is 11.5 Å². The Labute approximate surface area is 147 Å². The summed E-state index contributed by atoms with van der Waals surface area (Å²) < 4.78 is 38.3. The molecule has 0 spiro atoms. The van der Waals surface area contributed by atoms with Crippen molar-refractivity contribution in [2.45, 2.75) is 18.7 Å². The van der Waals surface area contributed by atoms with Crippen molar-refractivity contribution in [2.75, 3.05) is 24.3 Å². The third-order valence-electron chi connectivity index (χ3n) is 3.40. The molecule has 0 unspecified atom stereocenters. The lowest BCUT2D eigenvalue weighted by atomic mass is 10.2. The van der Waals surface area contributed by atoms with Gasteiger partial charge in [0.25, 0.3) is 10.0 Å². The van der Waals surface area contributed by atoms with E-state index in [9.17, 15) is 13.2 Å². The van der Waals surface area contributed by atoms with Gasteiger partial charge in [0.15, 0.2) is 0 Å². The molecule has 1 amide bonds. The number of benzene rings is 2. The summed E-state index contributed by atoms with van der Waals surface area (Å²) in [4.78, 5) is 11.3. The zero-order valence-corrected chi connectivity index (χ0v) is 15.2. The van der Waals surface area contributed by atoms with Crippen LogP contribution in [0.2, 0.25) is 0 Å². The van der Waals surface area contributed by atoms with Gasteiger partial charge in [-0.2, -0.15) is 0 Å². The Balaban J connectivity index is 2.41.